The van der Waals surface area contributed by atoms with Crippen LogP contribution in [-0.2, 0) is 0 Å². The highest BCUT2D eigenvalue weighted by molar-refractivity contribution is 7.25. The molecule has 0 atom stereocenters. The van der Waals surface area contributed by atoms with Gasteiger partial charge in [-0.2, -0.15) is 0 Å². The molecule has 0 aliphatic heterocycles. The van der Waals surface area contributed by atoms with Crippen molar-refractivity contribution in [3.05, 3.63) is 115 Å². The molecule has 7 aromatic rings. The average Bonchev–Trinajstić information content (AvgIpc) is 3.44. The molecule has 0 spiro atoms. The third kappa shape index (κ3) is 2.96. The first-order chi connectivity index (χ1) is 16.9. The van der Waals surface area contributed by atoms with Crippen molar-refractivity contribution in [3.8, 4) is 28.2 Å². The van der Waals surface area contributed by atoms with E-state index in [0.29, 0.717) is 0 Å². The summed E-state index contributed by atoms with van der Waals surface area (Å²) in [7, 11) is 0. The van der Waals surface area contributed by atoms with Crippen molar-refractivity contribution in [1.82, 2.24) is 14.5 Å². The Bertz CT molecular complexity index is 1740. The molecule has 160 valence electrons. The van der Waals surface area contributed by atoms with Gasteiger partial charge in [-0.1, -0.05) is 78.9 Å². The number of rotatable bonds is 3. The highest BCUT2D eigenvalue weighted by Gasteiger charge is 2.19. The van der Waals surface area contributed by atoms with Gasteiger partial charge in [0.15, 0.2) is 0 Å². The van der Waals surface area contributed by atoms with Gasteiger partial charge in [-0.15, -0.1) is 11.3 Å². The standard InChI is InChI=1S/C30H19N3S/c1-3-10-20(11-4-1)24-18-22(19-25(32-24)21-12-5-2-6-13-21)33-26-15-9-17-31-29(26)28-23-14-7-8-16-27(23)34-30(28)33/h1-19H. The Morgan fingerprint density at radius 2 is 1.29 bits per heavy atom. The number of hydrogen-bond donors (Lipinski definition) is 0. The van der Waals surface area contributed by atoms with Crippen LogP contribution in [0.2, 0.25) is 0 Å². The van der Waals surface area contributed by atoms with Crippen LogP contribution in [0.5, 0.6) is 0 Å². The molecule has 0 N–H and O–H groups in total. The second-order valence-electron chi connectivity index (χ2n) is 8.31. The molecule has 0 fully saturated rings. The lowest BCUT2D eigenvalue weighted by Gasteiger charge is -2.12. The minimum atomic E-state index is 0.956. The fourth-order valence-electron chi connectivity index (χ4n) is 4.71. The van der Waals surface area contributed by atoms with Crippen molar-refractivity contribution < 1.29 is 0 Å². The van der Waals surface area contributed by atoms with Crippen LogP contribution in [0, 0.1) is 0 Å². The molecule has 4 aromatic heterocycles. The normalized spacial score (nSPS) is 11.5. The fourth-order valence-corrected chi connectivity index (χ4v) is 5.95. The van der Waals surface area contributed by atoms with E-state index in [1.165, 1.54) is 20.3 Å². The summed E-state index contributed by atoms with van der Waals surface area (Å²) in [5, 5.41) is 2.47. The van der Waals surface area contributed by atoms with Gasteiger partial charge in [-0.3, -0.25) is 9.55 Å². The molecule has 0 saturated heterocycles. The van der Waals surface area contributed by atoms with Crippen LogP contribution in [0.15, 0.2) is 115 Å². The van der Waals surface area contributed by atoms with Crippen molar-refractivity contribution >= 4 is 42.7 Å². The lowest BCUT2D eigenvalue weighted by atomic mass is 10.1. The average molecular weight is 454 g/mol. The molecule has 0 bridgehead atoms. The maximum absolute atomic E-state index is 5.06. The number of benzene rings is 3. The predicted molar refractivity (Wildman–Crippen MR) is 143 cm³/mol. The summed E-state index contributed by atoms with van der Waals surface area (Å²) in [5.41, 5.74) is 7.35. The highest BCUT2D eigenvalue weighted by Crippen LogP contribution is 2.42. The van der Waals surface area contributed by atoms with Gasteiger partial charge in [0.25, 0.3) is 0 Å². The van der Waals surface area contributed by atoms with Crippen LogP contribution < -0.4 is 0 Å². The fraction of sp³-hybridized carbons (Fsp3) is 0. The summed E-state index contributed by atoms with van der Waals surface area (Å²) in [6.07, 6.45) is 1.88. The maximum Gasteiger partial charge on any atom is 0.111 e. The summed E-state index contributed by atoms with van der Waals surface area (Å²) < 4.78 is 3.62. The van der Waals surface area contributed by atoms with E-state index in [4.69, 9.17) is 9.97 Å². The van der Waals surface area contributed by atoms with Crippen LogP contribution in [0.1, 0.15) is 0 Å². The third-order valence-corrected chi connectivity index (χ3v) is 7.41. The van der Waals surface area contributed by atoms with Gasteiger partial charge in [-0.05, 0) is 30.3 Å². The molecular formula is C30H19N3S. The van der Waals surface area contributed by atoms with Gasteiger partial charge in [0, 0.05) is 32.8 Å². The highest BCUT2D eigenvalue weighted by atomic mass is 32.1. The number of hydrogen-bond acceptors (Lipinski definition) is 3. The molecule has 0 aliphatic carbocycles. The van der Waals surface area contributed by atoms with Crippen LogP contribution in [0.25, 0.3) is 59.5 Å². The van der Waals surface area contributed by atoms with Crippen molar-refractivity contribution in [2.45, 2.75) is 0 Å². The van der Waals surface area contributed by atoms with E-state index in [-0.39, 0.29) is 0 Å². The minimum absolute atomic E-state index is 0.956. The first kappa shape index (κ1) is 19.2. The van der Waals surface area contributed by atoms with Crippen LogP contribution in [0.4, 0.5) is 0 Å². The van der Waals surface area contributed by atoms with E-state index in [9.17, 15) is 0 Å². The number of aromatic nitrogens is 3. The molecule has 3 aromatic carbocycles. The van der Waals surface area contributed by atoms with E-state index in [0.717, 1.165) is 39.2 Å². The third-order valence-electron chi connectivity index (χ3n) is 6.25. The van der Waals surface area contributed by atoms with E-state index in [2.05, 4.69) is 95.6 Å². The Morgan fingerprint density at radius 3 is 2.00 bits per heavy atom. The number of nitrogens with zero attached hydrogens (tertiary/aromatic N) is 3. The van der Waals surface area contributed by atoms with Crippen molar-refractivity contribution in [1.29, 1.82) is 0 Å². The van der Waals surface area contributed by atoms with Crippen LogP contribution >= 0.6 is 11.3 Å². The molecule has 4 heteroatoms. The Balaban J connectivity index is 1.59. The Kier molecular flexibility index (Phi) is 4.32. The Labute approximate surface area is 200 Å². The first-order valence-electron chi connectivity index (χ1n) is 11.3. The lowest BCUT2D eigenvalue weighted by molar-refractivity contribution is 1.17. The van der Waals surface area contributed by atoms with Crippen molar-refractivity contribution in [2.24, 2.45) is 0 Å². The predicted octanol–water partition coefficient (Wildman–Crippen LogP) is 8.12. The summed E-state index contributed by atoms with van der Waals surface area (Å²) in [5.74, 6) is 0. The number of thiophene rings is 1. The molecule has 0 saturated carbocycles. The van der Waals surface area contributed by atoms with Crippen LogP contribution in [0.3, 0.4) is 0 Å². The Hall–Kier alpha value is -4.28. The van der Waals surface area contributed by atoms with E-state index < -0.39 is 0 Å². The molecule has 0 amide bonds. The molecule has 0 aliphatic rings. The topological polar surface area (TPSA) is 30.7 Å². The first-order valence-corrected chi connectivity index (χ1v) is 12.1. The summed E-state index contributed by atoms with van der Waals surface area (Å²) in [6, 6.07) is 37.9. The maximum atomic E-state index is 5.06. The van der Waals surface area contributed by atoms with Gasteiger partial charge in [0.05, 0.1) is 28.1 Å². The SMILES string of the molecule is c1ccc(-c2cc(-n3c4cccnc4c4c5ccccc5sc43)cc(-c3ccccc3)n2)cc1. The zero-order valence-electron chi connectivity index (χ0n) is 18.2. The summed E-state index contributed by atoms with van der Waals surface area (Å²) >= 11 is 1.81. The zero-order chi connectivity index (χ0) is 22.5. The van der Waals surface area contributed by atoms with Gasteiger partial charge in [0.2, 0.25) is 0 Å². The molecule has 4 heterocycles. The van der Waals surface area contributed by atoms with Gasteiger partial charge >= 0.3 is 0 Å². The summed E-state index contributed by atoms with van der Waals surface area (Å²) in [6.45, 7) is 0. The summed E-state index contributed by atoms with van der Waals surface area (Å²) in [4.78, 5) is 11.1. The molecule has 0 unspecified atom stereocenters. The van der Waals surface area contributed by atoms with Crippen molar-refractivity contribution in [2.75, 3.05) is 0 Å². The van der Waals surface area contributed by atoms with Gasteiger partial charge in [-0.25, -0.2) is 4.98 Å². The van der Waals surface area contributed by atoms with E-state index >= 15 is 0 Å². The minimum Gasteiger partial charge on any atom is -0.299 e. The van der Waals surface area contributed by atoms with E-state index in [1.54, 1.807) is 0 Å². The largest absolute Gasteiger partial charge is 0.299 e. The Morgan fingerprint density at radius 1 is 0.647 bits per heavy atom. The molecule has 3 nitrogen and oxygen atoms in total. The molecule has 7 rings (SSSR count). The molecule has 34 heavy (non-hydrogen) atoms. The van der Waals surface area contributed by atoms with Crippen LogP contribution in [-0.4, -0.2) is 14.5 Å². The molecular weight excluding hydrogens is 434 g/mol. The van der Waals surface area contributed by atoms with Crippen molar-refractivity contribution in [3.63, 3.8) is 0 Å². The number of fused-ring (bicyclic) bond motifs is 5. The van der Waals surface area contributed by atoms with Gasteiger partial charge in [0.1, 0.15) is 4.83 Å². The zero-order valence-corrected chi connectivity index (χ0v) is 19.0. The smallest absolute Gasteiger partial charge is 0.111 e. The second kappa shape index (κ2) is 7.65. The second-order valence-corrected chi connectivity index (χ2v) is 9.34. The van der Waals surface area contributed by atoms with E-state index in [1.807, 2.05) is 35.7 Å². The quantitative estimate of drug-likeness (QED) is 0.270. The van der Waals surface area contributed by atoms with Gasteiger partial charge < -0.3 is 0 Å². The number of pyridine rings is 2. The molecule has 0 radical (unpaired) electrons. The lowest BCUT2D eigenvalue weighted by Crippen LogP contribution is -1.97. The monoisotopic (exact) mass is 453 g/mol.